The van der Waals surface area contributed by atoms with Crippen molar-refractivity contribution in [1.29, 1.82) is 5.26 Å². The lowest BCUT2D eigenvalue weighted by atomic mass is 10.1. The van der Waals surface area contributed by atoms with Gasteiger partial charge in [-0.1, -0.05) is 12.1 Å². The Morgan fingerprint density at radius 3 is 3.17 bits per heavy atom. The monoisotopic (exact) mass is 262 g/mol. The molecule has 2 rings (SSSR count). The van der Waals surface area contributed by atoms with Crippen molar-refractivity contribution < 1.29 is 9.90 Å². The van der Waals surface area contributed by atoms with Gasteiger partial charge < -0.3 is 5.11 Å². The summed E-state index contributed by atoms with van der Waals surface area (Å²) in [7, 11) is 0. The summed E-state index contributed by atoms with van der Waals surface area (Å²) in [6, 6.07) is 9.02. The Morgan fingerprint density at radius 1 is 1.61 bits per heavy atom. The summed E-state index contributed by atoms with van der Waals surface area (Å²) in [5.74, 6) is 0.827. The van der Waals surface area contributed by atoms with Gasteiger partial charge in [-0.05, 0) is 17.7 Å². The van der Waals surface area contributed by atoms with Gasteiger partial charge in [0.2, 0.25) is 0 Å². The first-order valence-corrected chi connectivity index (χ1v) is 6.90. The van der Waals surface area contributed by atoms with Crippen LogP contribution in [0, 0.1) is 11.3 Å². The number of carboxylic acid groups (broad SMARTS) is 1. The van der Waals surface area contributed by atoms with E-state index in [2.05, 4.69) is 6.07 Å². The SMILES string of the molecule is N#Cc1cccc(CN2CCSCC2C(=O)O)c1. The highest BCUT2D eigenvalue weighted by Crippen LogP contribution is 2.19. The van der Waals surface area contributed by atoms with Gasteiger partial charge in [-0.2, -0.15) is 17.0 Å². The van der Waals surface area contributed by atoms with Crippen LogP contribution in [0.4, 0.5) is 0 Å². The van der Waals surface area contributed by atoms with Gasteiger partial charge in [-0.15, -0.1) is 0 Å². The summed E-state index contributed by atoms with van der Waals surface area (Å²) in [5.41, 5.74) is 1.61. The number of nitrogens with zero attached hydrogens (tertiary/aromatic N) is 2. The number of aliphatic carboxylic acids is 1. The number of thioether (sulfide) groups is 1. The minimum atomic E-state index is -0.765. The molecule has 1 saturated heterocycles. The first-order chi connectivity index (χ1) is 8.70. The number of nitriles is 1. The van der Waals surface area contributed by atoms with Gasteiger partial charge >= 0.3 is 5.97 Å². The normalized spacial score (nSPS) is 20.3. The Balaban J connectivity index is 2.11. The molecule has 0 saturated carbocycles. The highest BCUT2D eigenvalue weighted by Gasteiger charge is 2.28. The molecule has 1 aromatic rings. The molecule has 0 aliphatic carbocycles. The number of carboxylic acids is 1. The van der Waals surface area contributed by atoms with Crippen LogP contribution in [0.15, 0.2) is 24.3 Å². The fourth-order valence-electron chi connectivity index (χ4n) is 2.03. The van der Waals surface area contributed by atoms with Crippen molar-refractivity contribution in [1.82, 2.24) is 4.90 Å². The second-order valence-electron chi connectivity index (χ2n) is 4.21. The van der Waals surface area contributed by atoms with Gasteiger partial charge in [-0.3, -0.25) is 9.69 Å². The molecular weight excluding hydrogens is 248 g/mol. The lowest BCUT2D eigenvalue weighted by Gasteiger charge is -2.32. The smallest absolute Gasteiger partial charge is 0.321 e. The Hall–Kier alpha value is -1.51. The standard InChI is InChI=1S/C13H14N2O2S/c14-7-10-2-1-3-11(6-10)8-15-4-5-18-9-12(15)13(16)17/h1-3,6,12H,4-5,8-9H2,(H,16,17). The molecule has 94 valence electrons. The quantitative estimate of drug-likeness (QED) is 0.895. The van der Waals surface area contributed by atoms with Crippen molar-refractivity contribution in [3.05, 3.63) is 35.4 Å². The maximum Gasteiger partial charge on any atom is 0.321 e. The Labute approximate surface area is 110 Å². The van der Waals surface area contributed by atoms with E-state index in [9.17, 15) is 9.90 Å². The Kier molecular flexibility index (Phi) is 4.24. The van der Waals surface area contributed by atoms with Gasteiger partial charge in [0.1, 0.15) is 6.04 Å². The van der Waals surface area contributed by atoms with E-state index in [1.54, 1.807) is 17.8 Å². The van der Waals surface area contributed by atoms with Gasteiger partial charge in [0, 0.05) is 24.6 Å². The predicted molar refractivity (Wildman–Crippen MR) is 70.3 cm³/mol. The first-order valence-electron chi connectivity index (χ1n) is 5.74. The summed E-state index contributed by atoms with van der Waals surface area (Å²) in [6.07, 6.45) is 0. The fraction of sp³-hybridized carbons (Fsp3) is 0.385. The van der Waals surface area contributed by atoms with Crippen LogP contribution in [0.25, 0.3) is 0 Å². The number of hydrogen-bond acceptors (Lipinski definition) is 4. The summed E-state index contributed by atoms with van der Waals surface area (Å²) >= 11 is 1.68. The van der Waals surface area contributed by atoms with Crippen LogP contribution < -0.4 is 0 Å². The zero-order chi connectivity index (χ0) is 13.0. The van der Waals surface area contributed by atoms with E-state index in [1.165, 1.54) is 0 Å². The van der Waals surface area contributed by atoms with Crippen LogP contribution in [0.5, 0.6) is 0 Å². The summed E-state index contributed by atoms with van der Waals surface area (Å²) in [5, 5.41) is 18.0. The molecular formula is C13H14N2O2S. The maximum atomic E-state index is 11.2. The third kappa shape index (κ3) is 3.03. The summed E-state index contributed by atoms with van der Waals surface area (Å²) in [4.78, 5) is 13.1. The van der Waals surface area contributed by atoms with Crippen molar-refractivity contribution in [2.75, 3.05) is 18.1 Å². The molecule has 0 bridgehead atoms. The lowest BCUT2D eigenvalue weighted by molar-refractivity contribution is -0.142. The molecule has 1 atom stereocenters. The zero-order valence-electron chi connectivity index (χ0n) is 9.87. The van der Waals surface area contributed by atoms with Crippen molar-refractivity contribution in [2.45, 2.75) is 12.6 Å². The average Bonchev–Trinajstić information content (AvgIpc) is 2.39. The molecule has 1 N–H and O–H groups in total. The topological polar surface area (TPSA) is 64.3 Å². The van der Waals surface area contributed by atoms with Crippen molar-refractivity contribution in [3.63, 3.8) is 0 Å². The summed E-state index contributed by atoms with van der Waals surface area (Å²) in [6.45, 7) is 1.37. The molecule has 0 amide bonds. The van der Waals surface area contributed by atoms with Crippen LogP contribution in [0.2, 0.25) is 0 Å². The highest BCUT2D eigenvalue weighted by molar-refractivity contribution is 7.99. The van der Waals surface area contributed by atoms with E-state index in [-0.39, 0.29) is 0 Å². The van der Waals surface area contributed by atoms with Crippen LogP contribution in [0.3, 0.4) is 0 Å². The number of hydrogen-bond donors (Lipinski definition) is 1. The molecule has 0 aromatic heterocycles. The third-order valence-electron chi connectivity index (χ3n) is 2.97. The second-order valence-corrected chi connectivity index (χ2v) is 5.36. The first kappa shape index (κ1) is 12.9. The molecule has 18 heavy (non-hydrogen) atoms. The van der Waals surface area contributed by atoms with Crippen molar-refractivity contribution in [2.24, 2.45) is 0 Å². The third-order valence-corrected chi connectivity index (χ3v) is 3.99. The molecule has 1 aliphatic rings. The molecule has 1 fully saturated rings. The highest BCUT2D eigenvalue weighted by atomic mass is 32.2. The van der Waals surface area contributed by atoms with Crippen molar-refractivity contribution >= 4 is 17.7 Å². The van der Waals surface area contributed by atoms with E-state index >= 15 is 0 Å². The van der Waals surface area contributed by atoms with Crippen LogP contribution in [-0.4, -0.2) is 40.1 Å². The average molecular weight is 262 g/mol. The Morgan fingerprint density at radius 2 is 2.44 bits per heavy atom. The zero-order valence-corrected chi connectivity index (χ0v) is 10.7. The van der Waals surface area contributed by atoms with E-state index in [0.29, 0.717) is 17.9 Å². The van der Waals surface area contributed by atoms with E-state index < -0.39 is 12.0 Å². The van der Waals surface area contributed by atoms with E-state index in [4.69, 9.17) is 5.26 Å². The number of carbonyl (C=O) groups is 1. The van der Waals surface area contributed by atoms with Crippen LogP contribution >= 0.6 is 11.8 Å². The maximum absolute atomic E-state index is 11.2. The van der Waals surface area contributed by atoms with E-state index in [0.717, 1.165) is 17.9 Å². The lowest BCUT2D eigenvalue weighted by Crippen LogP contribution is -2.46. The number of rotatable bonds is 3. The van der Waals surface area contributed by atoms with Gasteiger partial charge in [0.05, 0.1) is 11.6 Å². The molecule has 1 unspecified atom stereocenters. The molecule has 5 heteroatoms. The minimum Gasteiger partial charge on any atom is -0.480 e. The molecule has 1 heterocycles. The number of benzene rings is 1. The second kappa shape index (κ2) is 5.89. The molecule has 1 aliphatic heterocycles. The summed E-state index contributed by atoms with van der Waals surface area (Å²) < 4.78 is 0. The minimum absolute atomic E-state index is 0.422. The van der Waals surface area contributed by atoms with Gasteiger partial charge in [-0.25, -0.2) is 0 Å². The fourth-order valence-corrected chi connectivity index (χ4v) is 3.14. The van der Waals surface area contributed by atoms with Crippen LogP contribution in [0.1, 0.15) is 11.1 Å². The molecule has 1 aromatic carbocycles. The van der Waals surface area contributed by atoms with Crippen molar-refractivity contribution in [3.8, 4) is 6.07 Å². The van der Waals surface area contributed by atoms with Gasteiger partial charge in [0.25, 0.3) is 0 Å². The Bertz CT molecular complexity index is 484. The van der Waals surface area contributed by atoms with E-state index in [1.807, 2.05) is 23.1 Å². The molecule has 4 nitrogen and oxygen atoms in total. The van der Waals surface area contributed by atoms with Crippen LogP contribution in [-0.2, 0) is 11.3 Å². The van der Waals surface area contributed by atoms with Gasteiger partial charge in [0.15, 0.2) is 0 Å². The predicted octanol–water partition coefficient (Wildman–Crippen LogP) is 1.56. The largest absolute Gasteiger partial charge is 0.480 e. The molecule has 0 spiro atoms. The molecule has 0 radical (unpaired) electrons.